The van der Waals surface area contributed by atoms with E-state index >= 15 is 0 Å². The Morgan fingerprint density at radius 3 is 2.41 bits per heavy atom. The van der Waals surface area contributed by atoms with Crippen molar-refractivity contribution in [3.8, 4) is 0 Å². The first-order valence-corrected chi connectivity index (χ1v) is 9.82. The maximum atomic E-state index is 14.7. The summed E-state index contributed by atoms with van der Waals surface area (Å²) < 4.78 is 61.8. The molecule has 2 unspecified atom stereocenters. The normalized spacial score (nSPS) is 25.3. The molecule has 0 amide bonds. The van der Waals surface area contributed by atoms with Crippen LogP contribution in [-0.2, 0) is 25.2 Å². The number of ether oxygens (including phenoxy) is 1. The molecule has 0 bridgehead atoms. The van der Waals surface area contributed by atoms with Crippen LogP contribution in [0.3, 0.4) is 0 Å². The molecule has 5 nitrogen and oxygen atoms in total. The van der Waals surface area contributed by atoms with E-state index in [0.717, 1.165) is 16.8 Å². The molecule has 0 saturated heterocycles. The molecule has 2 aliphatic rings. The fourth-order valence-electron chi connectivity index (χ4n) is 3.81. The zero-order valence-corrected chi connectivity index (χ0v) is 15.5. The number of benzene rings is 2. The third kappa shape index (κ3) is 2.32. The molecule has 8 heteroatoms. The molecule has 2 aromatic carbocycles. The van der Waals surface area contributed by atoms with Crippen LogP contribution in [0.2, 0.25) is 0 Å². The second-order valence-corrected chi connectivity index (χ2v) is 8.73. The van der Waals surface area contributed by atoms with Crippen molar-refractivity contribution in [1.82, 2.24) is 0 Å². The molecule has 27 heavy (non-hydrogen) atoms. The van der Waals surface area contributed by atoms with Gasteiger partial charge in [0.2, 0.25) is 5.60 Å². The second-order valence-electron chi connectivity index (χ2n) is 6.87. The summed E-state index contributed by atoms with van der Waals surface area (Å²) >= 11 is 0. The average molecular weight is 393 g/mol. The van der Waals surface area contributed by atoms with Crippen LogP contribution in [0.15, 0.2) is 53.4 Å². The number of rotatable bonds is 3. The zero-order chi connectivity index (χ0) is 19.6. The first-order chi connectivity index (χ1) is 12.6. The van der Waals surface area contributed by atoms with E-state index < -0.39 is 40.0 Å². The van der Waals surface area contributed by atoms with E-state index in [2.05, 4.69) is 0 Å². The van der Waals surface area contributed by atoms with Gasteiger partial charge in [-0.25, -0.2) is 17.2 Å². The zero-order valence-electron chi connectivity index (χ0n) is 14.6. The number of hydrogen-bond acceptors (Lipinski definition) is 4. The molecule has 1 fully saturated rings. The number of carbonyl (C=O) groups excluding carboxylic acids is 1. The van der Waals surface area contributed by atoms with E-state index in [-0.39, 0.29) is 16.1 Å². The number of nitrogens with zero attached hydrogens (tertiary/aromatic N) is 1. The maximum Gasteiger partial charge on any atom is 0.303 e. The predicted octanol–water partition coefficient (Wildman–Crippen LogP) is 3.23. The van der Waals surface area contributed by atoms with E-state index in [9.17, 15) is 22.0 Å². The van der Waals surface area contributed by atoms with E-state index in [4.69, 9.17) is 4.74 Å². The van der Waals surface area contributed by atoms with E-state index in [1.54, 1.807) is 18.2 Å². The first kappa shape index (κ1) is 17.9. The topological polar surface area (TPSA) is 63.7 Å². The standard InChI is InChI=1S/C19H17F2NO4S/c1-12-7-9-14(10-8-12)27(24,25)22-11-17-18(19(17,20)21,26-13(2)23)15-5-3-4-6-16(15)22/h3-10,17H,11H2,1-2H3. The van der Waals surface area contributed by atoms with Crippen LogP contribution in [0.25, 0.3) is 0 Å². The minimum atomic E-state index is -4.04. The Kier molecular flexibility index (Phi) is 3.66. The summed E-state index contributed by atoms with van der Waals surface area (Å²) in [5.41, 5.74) is -1.10. The van der Waals surface area contributed by atoms with Crippen LogP contribution < -0.4 is 4.31 Å². The van der Waals surface area contributed by atoms with Gasteiger partial charge in [0.1, 0.15) is 0 Å². The number of sulfonamides is 1. The fraction of sp³-hybridized carbons (Fsp3) is 0.316. The summed E-state index contributed by atoms with van der Waals surface area (Å²) in [6, 6.07) is 12.1. The Labute approximate surface area is 155 Å². The molecule has 1 aliphatic carbocycles. The molecule has 0 spiro atoms. The molecule has 1 heterocycles. The van der Waals surface area contributed by atoms with Gasteiger partial charge >= 0.3 is 11.9 Å². The van der Waals surface area contributed by atoms with E-state index in [1.807, 2.05) is 6.92 Å². The lowest BCUT2D eigenvalue weighted by Crippen LogP contribution is -2.40. The van der Waals surface area contributed by atoms with Crippen molar-refractivity contribution in [2.24, 2.45) is 5.92 Å². The SMILES string of the molecule is CC(=O)OC12c3ccccc3N(S(=O)(=O)c3ccc(C)cc3)CC1C2(F)F. The average Bonchev–Trinajstić information content (AvgIpc) is 3.09. The van der Waals surface area contributed by atoms with Gasteiger partial charge in [-0.1, -0.05) is 35.9 Å². The molecule has 142 valence electrons. The molecule has 1 saturated carbocycles. The number of halogens is 2. The number of anilines is 1. The first-order valence-electron chi connectivity index (χ1n) is 8.38. The number of para-hydroxylation sites is 1. The van der Waals surface area contributed by atoms with Gasteiger partial charge in [0.15, 0.2) is 0 Å². The summed E-state index contributed by atoms with van der Waals surface area (Å²) in [5.74, 6) is -5.60. The molecule has 4 rings (SSSR count). The van der Waals surface area contributed by atoms with Crippen LogP contribution in [0.4, 0.5) is 14.5 Å². The van der Waals surface area contributed by atoms with E-state index in [1.165, 1.54) is 30.3 Å². The van der Waals surface area contributed by atoms with Gasteiger partial charge in [0.25, 0.3) is 10.0 Å². The van der Waals surface area contributed by atoms with Gasteiger partial charge in [-0.3, -0.25) is 9.10 Å². The fourth-order valence-corrected chi connectivity index (χ4v) is 5.31. The lowest BCUT2D eigenvalue weighted by molar-refractivity contribution is -0.156. The molecule has 0 radical (unpaired) electrons. The van der Waals surface area contributed by atoms with Crippen LogP contribution in [0.5, 0.6) is 0 Å². The summed E-state index contributed by atoms with van der Waals surface area (Å²) in [5, 5.41) is 0. The highest BCUT2D eigenvalue weighted by Gasteiger charge is 2.87. The summed E-state index contributed by atoms with van der Waals surface area (Å²) in [7, 11) is -4.04. The lowest BCUT2D eigenvalue weighted by Gasteiger charge is -2.33. The number of carbonyl (C=O) groups is 1. The number of alkyl halides is 2. The van der Waals surface area contributed by atoms with Crippen LogP contribution in [-0.4, -0.2) is 26.9 Å². The van der Waals surface area contributed by atoms with Gasteiger partial charge in [0, 0.05) is 19.0 Å². The Morgan fingerprint density at radius 2 is 1.78 bits per heavy atom. The molecule has 2 aromatic rings. The van der Waals surface area contributed by atoms with Gasteiger partial charge in [-0.05, 0) is 25.1 Å². The molecule has 0 aromatic heterocycles. The monoisotopic (exact) mass is 393 g/mol. The summed E-state index contributed by atoms with van der Waals surface area (Å²) in [6.07, 6.45) is 0. The largest absolute Gasteiger partial charge is 0.447 e. The lowest BCUT2D eigenvalue weighted by atomic mass is 9.99. The highest BCUT2D eigenvalue weighted by atomic mass is 32.2. The van der Waals surface area contributed by atoms with Crippen molar-refractivity contribution in [1.29, 1.82) is 0 Å². The van der Waals surface area contributed by atoms with Gasteiger partial charge in [-0.2, -0.15) is 0 Å². The number of fused-ring (bicyclic) bond motifs is 3. The Hall–Kier alpha value is -2.48. The van der Waals surface area contributed by atoms with Crippen molar-refractivity contribution in [3.05, 3.63) is 59.7 Å². The predicted molar refractivity (Wildman–Crippen MR) is 94.0 cm³/mol. The van der Waals surface area contributed by atoms with Crippen LogP contribution in [0, 0.1) is 12.8 Å². The molecular weight excluding hydrogens is 376 g/mol. The number of aryl methyl sites for hydroxylation is 1. The van der Waals surface area contributed by atoms with Crippen molar-refractivity contribution in [2.75, 3.05) is 10.8 Å². The smallest absolute Gasteiger partial charge is 0.303 e. The third-order valence-electron chi connectivity index (χ3n) is 5.18. The second kappa shape index (κ2) is 5.51. The molecule has 1 aliphatic heterocycles. The minimum Gasteiger partial charge on any atom is -0.447 e. The van der Waals surface area contributed by atoms with Gasteiger partial charge in [0.05, 0.1) is 16.5 Å². The van der Waals surface area contributed by atoms with Crippen molar-refractivity contribution in [3.63, 3.8) is 0 Å². The highest BCUT2D eigenvalue weighted by Crippen LogP contribution is 2.71. The quantitative estimate of drug-likeness (QED) is 0.751. The third-order valence-corrected chi connectivity index (χ3v) is 6.97. The van der Waals surface area contributed by atoms with Gasteiger partial charge < -0.3 is 4.74 Å². The van der Waals surface area contributed by atoms with Crippen LogP contribution in [0.1, 0.15) is 18.1 Å². The Morgan fingerprint density at radius 1 is 1.15 bits per heavy atom. The summed E-state index contributed by atoms with van der Waals surface area (Å²) in [4.78, 5) is 11.5. The van der Waals surface area contributed by atoms with Crippen molar-refractivity contribution < 1.29 is 26.7 Å². The highest BCUT2D eigenvalue weighted by molar-refractivity contribution is 7.92. The Bertz CT molecular complexity index is 1040. The summed E-state index contributed by atoms with van der Waals surface area (Å²) in [6.45, 7) is 2.43. The molecular formula is C19H17F2NO4S. The minimum absolute atomic E-state index is 0.0112. The van der Waals surface area contributed by atoms with Crippen molar-refractivity contribution in [2.45, 2.75) is 30.3 Å². The maximum absolute atomic E-state index is 14.7. The molecule has 0 N–H and O–H groups in total. The number of esters is 1. The Balaban J connectivity index is 1.87. The van der Waals surface area contributed by atoms with Gasteiger partial charge in [-0.15, -0.1) is 0 Å². The van der Waals surface area contributed by atoms with Crippen LogP contribution >= 0.6 is 0 Å². The van der Waals surface area contributed by atoms with E-state index in [0.29, 0.717) is 0 Å². The molecule has 2 atom stereocenters. The van der Waals surface area contributed by atoms with Crippen molar-refractivity contribution >= 4 is 21.7 Å². The number of hydrogen-bond donors (Lipinski definition) is 0.